The Hall–Kier alpha value is -2.33. The van der Waals surface area contributed by atoms with E-state index in [0.717, 1.165) is 11.4 Å². The van der Waals surface area contributed by atoms with Crippen LogP contribution in [0.25, 0.3) is 0 Å². The van der Waals surface area contributed by atoms with Gasteiger partial charge in [-0.05, 0) is 49.2 Å². The lowest BCUT2D eigenvalue weighted by atomic mass is 10.1. The molecule has 0 radical (unpaired) electrons. The van der Waals surface area contributed by atoms with E-state index in [1.54, 1.807) is 4.90 Å². The first-order chi connectivity index (χ1) is 10.1. The number of aryl methyl sites for hydroxylation is 2. The van der Waals surface area contributed by atoms with Gasteiger partial charge in [0.2, 0.25) is 5.96 Å². The van der Waals surface area contributed by atoms with Crippen LogP contribution >= 0.6 is 12.4 Å². The molecule has 0 atom stereocenters. The monoisotopic (exact) mass is 315 g/mol. The van der Waals surface area contributed by atoms with Crippen LogP contribution in [-0.4, -0.2) is 18.4 Å². The smallest absolute Gasteiger partial charge is 0.255 e. The number of hydrogen-bond donors (Lipinski definition) is 1. The van der Waals surface area contributed by atoms with Crippen molar-refractivity contribution in [2.75, 3.05) is 16.8 Å². The summed E-state index contributed by atoms with van der Waals surface area (Å²) in [4.78, 5) is 18.0. The summed E-state index contributed by atoms with van der Waals surface area (Å²) in [6.07, 6.45) is 0. The highest BCUT2D eigenvalue weighted by atomic mass is 35.5. The second kappa shape index (κ2) is 6.62. The zero-order chi connectivity index (χ0) is 14.8. The molecule has 1 N–H and O–H groups in total. The normalized spacial score (nSPS) is 13.6. The zero-order valence-electron chi connectivity index (χ0n) is 12.5. The first-order valence-electron chi connectivity index (χ1n) is 6.91. The van der Waals surface area contributed by atoms with Crippen molar-refractivity contribution < 1.29 is 4.79 Å². The fourth-order valence-corrected chi connectivity index (χ4v) is 2.52. The standard InChI is InChI=1S/C17H17N3O.ClH/c1-12-8-13(2)10-14(9-12)19-17-18-11-16(21)20(17)15-6-4-3-5-7-15;/h3-10H,11H2,1-2H3,(H,18,19);1H. The van der Waals surface area contributed by atoms with Crippen molar-refractivity contribution in [1.29, 1.82) is 0 Å². The van der Waals surface area contributed by atoms with Crippen LogP contribution in [0.5, 0.6) is 0 Å². The Labute approximate surface area is 136 Å². The summed E-state index contributed by atoms with van der Waals surface area (Å²) < 4.78 is 0. The van der Waals surface area contributed by atoms with E-state index in [1.807, 2.05) is 42.5 Å². The maximum absolute atomic E-state index is 12.1. The fraction of sp³-hybridized carbons (Fsp3) is 0.176. The van der Waals surface area contributed by atoms with Crippen LogP contribution in [0.4, 0.5) is 11.4 Å². The van der Waals surface area contributed by atoms with Gasteiger partial charge in [0.25, 0.3) is 5.91 Å². The van der Waals surface area contributed by atoms with Crippen molar-refractivity contribution in [1.82, 2.24) is 0 Å². The molecule has 0 aliphatic carbocycles. The zero-order valence-corrected chi connectivity index (χ0v) is 13.4. The summed E-state index contributed by atoms with van der Waals surface area (Å²) in [6, 6.07) is 15.8. The lowest BCUT2D eigenvalue weighted by Gasteiger charge is -2.19. The van der Waals surface area contributed by atoms with Crippen LogP contribution in [0.2, 0.25) is 0 Å². The third-order valence-corrected chi connectivity index (χ3v) is 3.32. The molecule has 1 amide bonds. The molecule has 5 heteroatoms. The van der Waals surface area contributed by atoms with Crippen molar-refractivity contribution in [3.63, 3.8) is 0 Å². The fourth-order valence-electron chi connectivity index (χ4n) is 2.52. The molecule has 22 heavy (non-hydrogen) atoms. The van der Waals surface area contributed by atoms with Gasteiger partial charge in [-0.15, -0.1) is 12.4 Å². The second-order valence-corrected chi connectivity index (χ2v) is 5.21. The number of benzene rings is 2. The summed E-state index contributed by atoms with van der Waals surface area (Å²) in [5.41, 5.74) is 4.12. The molecule has 1 heterocycles. The van der Waals surface area contributed by atoms with Crippen molar-refractivity contribution in [2.45, 2.75) is 13.8 Å². The predicted octanol–water partition coefficient (Wildman–Crippen LogP) is 3.54. The van der Waals surface area contributed by atoms with Gasteiger partial charge in [0.15, 0.2) is 0 Å². The Kier molecular flexibility index (Phi) is 4.83. The van der Waals surface area contributed by atoms with Gasteiger partial charge in [-0.1, -0.05) is 24.3 Å². The summed E-state index contributed by atoms with van der Waals surface area (Å²) in [7, 11) is 0. The maximum Gasteiger partial charge on any atom is 0.255 e. The van der Waals surface area contributed by atoms with Gasteiger partial charge >= 0.3 is 0 Å². The molecule has 0 aromatic heterocycles. The molecule has 4 nitrogen and oxygen atoms in total. The lowest BCUT2D eigenvalue weighted by Crippen LogP contribution is -2.36. The average Bonchev–Trinajstić information content (AvgIpc) is 2.79. The molecule has 1 aliphatic heterocycles. The number of nitrogens with zero attached hydrogens (tertiary/aromatic N) is 2. The predicted molar refractivity (Wildman–Crippen MR) is 93.0 cm³/mol. The molecular weight excluding hydrogens is 298 g/mol. The summed E-state index contributed by atoms with van der Waals surface area (Å²) in [6.45, 7) is 4.28. The van der Waals surface area contributed by atoms with Gasteiger partial charge in [0.05, 0.1) is 5.69 Å². The molecule has 2 aromatic rings. The van der Waals surface area contributed by atoms with E-state index >= 15 is 0 Å². The number of rotatable bonds is 2. The van der Waals surface area contributed by atoms with Gasteiger partial charge < -0.3 is 5.32 Å². The van der Waals surface area contributed by atoms with Crippen molar-refractivity contribution in [3.8, 4) is 0 Å². The highest BCUT2D eigenvalue weighted by molar-refractivity contribution is 6.24. The van der Waals surface area contributed by atoms with E-state index in [1.165, 1.54) is 11.1 Å². The topological polar surface area (TPSA) is 44.7 Å². The van der Waals surface area contributed by atoms with E-state index in [-0.39, 0.29) is 24.9 Å². The number of carbonyl (C=O) groups excluding carboxylic acids is 1. The third kappa shape index (κ3) is 3.28. The quantitative estimate of drug-likeness (QED) is 0.921. The van der Waals surface area contributed by atoms with Crippen molar-refractivity contribution >= 4 is 35.6 Å². The van der Waals surface area contributed by atoms with Crippen LogP contribution < -0.4 is 10.2 Å². The number of anilines is 2. The van der Waals surface area contributed by atoms with Gasteiger partial charge in [-0.3, -0.25) is 4.79 Å². The van der Waals surface area contributed by atoms with Crippen LogP contribution in [0, 0.1) is 13.8 Å². The minimum atomic E-state index is -0.0203. The van der Waals surface area contributed by atoms with Gasteiger partial charge in [0.1, 0.15) is 6.54 Å². The molecule has 0 unspecified atom stereocenters. The number of halogens is 1. The highest BCUT2D eigenvalue weighted by Crippen LogP contribution is 2.20. The van der Waals surface area contributed by atoms with Gasteiger partial charge in [-0.2, -0.15) is 0 Å². The van der Waals surface area contributed by atoms with Crippen LogP contribution in [-0.2, 0) is 4.79 Å². The molecular formula is C17H18ClN3O. The molecule has 114 valence electrons. The number of hydrogen-bond acceptors (Lipinski definition) is 3. The molecule has 0 bridgehead atoms. The Bertz CT molecular complexity index is 693. The van der Waals surface area contributed by atoms with Gasteiger partial charge in [0, 0.05) is 5.69 Å². The van der Waals surface area contributed by atoms with E-state index in [2.05, 4.69) is 30.2 Å². The van der Waals surface area contributed by atoms with Crippen LogP contribution in [0.3, 0.4) is 0 Å². The second-order valence-electron chi connectivity index (χ2n) is 5.21. The maximum atomic E-state index is 12.1. The SMILES string of the molecule is Cc1cc(C)cc(NC2=NCC(=O)N2c2ccccc2)c1.Cl. The summed E-state index contributed by atoms with van der Waals surface area (Å²) in [5, 5.41) is 3.26. The Morgan fingerprint density at radius 3 is 2.32 bits per heavy atom. The third-order valence-electron chi connectivity index (χ3n) is 3.32. The Morgan fingerprint density at radius 1 is 1.05 bits per heavy atom. The lowest BCUT2D eigenvalue weighted by molar-refractivity contribution is -0.115. The minimum Gasteiger partial charge on any atom is -0.326 e. The number of carbonyl (C=O) groups is 1. The molecule has 1 aliphatic rings. The van der Waals surface area contributed by atoms with Crippen LogP contribution in [0.1, 0.15) is 11.1 Å². The molecule has 0 saturated heterocycles. The number of aliphatic imine (C=N–C) groups is 1. The number of para-hydroxylation sites is 1. The molecule has 0 spiro atoms. The van der Waals surface area contributed by atoms with E-state index < -0.39 is 0 Å². The molecule has 3 rings (SSSR count). The molecule has 2 aromatic carbocycles. The average molecular weight is 316 g/mol. The first kappa shape index (κ1) is 16.0. The van der Waals surface area contributed by atoms with E-state index in [4.69, 9.17) is 0 Å². The molecule has 0 saturated carbocycles. The van der Waals surface area contributed by atoms with Crippen LogP contribution in [0.15, 0.2) is 53.5 Å². The number of nitrogens with one attached hydrogen (secondary N) is 1. The number of guanidine groups is 1. The summed E-state index contributed by atoms with van der Waals surface area (Å²) in [5.74, 6) is 0.560. The van der Waals surface area contributed by atoms with Gasteiger partial charge in [-0.25, -0.2) is 9.89 Å². The minimum absolute atomic E-state index is 0. The van der Waals surface area contributed by atoms with Crippen molar-refractivity contribution in [2.24, 2.45) is 4.99 Å². The Balaban J connectivity index is 0.00000176. The highest BCUT2D eigenvalue weighted by Gasteiger charge is 2.26. The largest absolute Gasteiger partial charge is 0.326 e. The van der Waals surface area contributed by atoms with E-state index in [0.29, 0.717) is 5.96 Å². The summed E-state index contributed by atoms with van der Waals surface area (Å²) >= 11 is 0. The first-order valence-corrected chi connectivity index (χ1v) is 6.91. The van der Waals surface area contributed by atoms with E-state index in [9.17, 15) is 4.79 Å². The van der Waals surface area contributed by atoms with Crippen molar-refractivity contribution in [3.05, 3.63) is 59.7 Å². The Morgan fingerprint density at radius 2 is 1.68 bits per heavy atom. The number of amides is 1. The molecule has 0 fully saturated rings.